The van der Waals surface area contributed by atoms with Gasteiger partial charge in [0, 0.05) is 25.7 Å². The molecule has 0 spiro atoms. The molecule has 0 aliphatic carbocycles. The van der Waals surface area contributed by atoms with Gasteiger partial charge in [0.05, 0.1) is 13.2 Å². The minimum atomic E-state index is -0.0830. The van der Waals surface area contributed by atoms with Crippen LogP contribution >= 0.6 is 0 Å². The summed E-state index contributed by atoms with van der Waals surface area (Å²) in [7, 11) is 3.37. The summed E-state index contributed by atoms with van der Waals surface area (Å²) in [5.74, 6) is 0.561. The Hall–Kier alpha value is -2.30. The fraction of sp³-hybridized carbons (Fsp3) is 0.412. The molecule has 0 N–H and O–H groups in total. The van der Waals surface area contributed by atoms with E-state index in [1.54, 1.807) is 36.1 Å². The second-order valence-corrected chi connectivity index (χ2v) is 5.53. The van der Waals surface area contributed by atoms with E-state index >= 15 is 0 Å². The first-order valence-electron chi connectivity index (χ1n) is 7.31. The summed E-state index contributed by atoms with van der Waals surface area (Å²) in [6.07, 6.45) is 2.10. The van der Waals surface area contributed by atoms with E-state index in [4.69, 9.17) is 4.74 Å². The molecule has 0 aromatic heterocycles. The van der Waals surface area contributed by atoms with Crippen molar-refractivity contribution in [1.29, 1.82) is 0 Å². The quantitative estimate of drug-likeness (QED) is 0.798. The highest BCUT2D eigenvalue weighted by molar-refractivity contribution is 5.95. The van der Waals surface area contributed by atoms with E-state index in [0.717, 1.165) is 12.0 Å². The molecule has 0 bridgehead atoms. The van der Waals surface area contributed by atoms with Crippen LogP contribution in [0.5, 0.6) is 5.75 Å². The lowest BCUT2D eigenvalue weighted by Crippen LogP contribution is -2.39. The van der Waals surface area contributed by atoms with Gasteiger partial charge in [-0.2, -0.15) is 0 Å². The zero-order chi connectivity index (χ0) is 16.3. The van der Waals surface area contributed by atoms with Crippen LogP contribution in [0.25, 0.3) is 0 Å². The first-order valence-corrected chi connectivity index (χ1v) is 7.31. The Morgan fingerprint density at radius 2 is 2.18 bits per heavy atom. The van der Waals surface area contributed by atoms with Gasteiger partial charge in [-0.3, -0.25) is 9.59 Å². The van der Waals surface area contributed by atoms with Crippen molar-refractivity contribution in [2.24, 2.45) is 0 Å². The van der Waals surface area contributed by atoms with E-state index in [0.29, 0.717) is 24.4 Å². The summed E-state index contributed by atoms with van der Waals surface area (Å²) in [6.45, 7) is 6.65. The van der Waals surface area contributed by atoms with Crippen molar-refractivity contribution in [3.05, 3.63) is 42.0 Å². The van der Waals surface area contributed by atoms with Crippen LogP contribution < -0.4 is 4.74 Å². The third kappa shape index (κ3) is 3.13. The summed E-state index contributed by atoms with van der Waals surface area (Å²) in [5, 5.41) is 0. The molecule has 2 amide bonds. The summed E-state index contributed by atoms with van der Waals surface area (Å²) in [4.78, 5) is 27.7. The number of hydrogen-bond acceptors (Lipinski definition) is 3. The normalized spacial score (nSPS) is 17.2. The highest BCUT2D eigenvalue weighted by Crippen LogP contribution is 2.22. The fourth-order valence-corrected chi connectivity index (χ4v) is 2.71. The van der Waals surface area contributed by atoms with Crippen molar-refractivity contribution in [1.82, 2.24) is 9.80 Å². The molecular formula is C17H22N2O3. The lowest BCUT2D eigenvalue weighted by atomic mass is 10.1. The molecule has 1 aromatic rings. The Labute approximate surface area is 131 Å². The molecule has 5 heteroatoms. The third-order valence-electron chi connectivity index (χ3n) is 4.17. The molecule has 2 rings (SSSR count). The van der Waals surface area contributed by atoms with Crippen molar-refractivity contribution >= 4 is 11.8 Å². The van der Waals surface area contributed by atoms with Crippen LogP contribution in [0.4, 0.5) is 0 Å². The lowest BCUT2D eigenvalue weighted by molar-refractivity contribution is -0.125. The van der Waals surface area contributed by atoms with Gasteiger partial charge >= 0.3 is 0 Å². The van der Waals surface area contributed by atoms with E-state index in [2.05, 4.69) is 6.58 Å². The Bertz CT molecular complexity index is 598. The Morgan fingerprint density at radius 3 is 2.82 bits per heavy atom. The van der Waals surface area contributed by atoms with Gasteiger partial charge in [0.25, 0.3) is 5.91 Å². The topological polar surface area (TPSA) is 49.9 Å². The standard InChI is InChI=1S/C17H22N2O3/c1-5-16(20)19-9-8-14(11-19)18(3)17(21)13-7-6-12(2)15(10-13)22-4/h5-7,10,14H,1,8-9,11H2,2-4H3/t14-/m0/s1. The number of nitrogens with zero attached hydrogens (tertiary/aromatic N) is 2. The number of likely N-dealkylation sites (N-methyl/N-ethyl adjacent to an activating group) is 1. The maximum Gasteiger partial charge on any atom is 0.254 e. The summed E-state index contributed by atoms with van der Waals surface area (Å²) in [5.41, 5.74) is 1.59. The summed E-state index contributed by atoms with van der Waals surface area (Å²) in [6, 6.07) is 5.47. The number of likely N-dealkylation sites (tertiary alicyclic amines) is 1. The average Bonchev–Trinajstić information content (AvgIpc) is 3.03. The molecule has 1 aliphatic rings. The van der Waals surface area contributed by atoms with Crippen molar-refractivity contribution < 1.29 is 14.3 Å². The molecule has 118 valence electrons. The zero-order valence-electron chi connectivity index (χ0n) is 13.3. The van der Waals surface area contributed by atoms with Gasteiger partial charge < -0.3 is 14.5 Å². The monoisotopic (exact) mass is 302 g/mol. The minimum absolute atomic E-state index is 0.0312. The van der Waals surface area contributed by atoms with Crippen LogP contribution in [0.1, 0.15) is 22.3 Å². The molecule has 5 nitrogen and oxygen atoms in total. The third-order valence-corrected chi connectivity index (χ3v) is 4.17. The number of benzene rings is 1. The van der Waals surface area contributed by atoms with Crippen LogP contribution in [0.3, 0.4) is 0 Å². The van der Waals surface area contributed by atoms with Crippen LogP contribution in [0, 0.1) is 6.92 Å². The zero-order valence-corrected chi connectivity index (χ0v) is 13.3. The largest absolute Gasteiger partial charge is 0.496 e. The number of rotatable bonds is 4. The van der Waals surface area contributed by atoms with Crippen molar-refractivity contribution in [2.75, 3.05) is 27.2 Å². The SMILES string of the molecule is C=CC(=O)N1CC[C@H](N(C)C(=O)c2ccc(C)c(OC)c2)C1. The van der Waals surface area contributed by atoms with E-state index in [1.165, 1.54) is 6.08 Å². The Balaban J connectivity index is 2.10. The van der Waals surface area contributed by atoms with Crippen molar-refractivity contribution in [3.8, 4) is 5.75 Å². The maximum atomic E-state index is 12.6. The number of hydrogen-bond donors (Lipinski definition) is 0. The van der Waals surface area contributed by atoms with Crippen LogP contribution in [0.2, 0.25) is 0 Å². The summed E-state index contributed by atoms with van der Waals surface area (Å²) >= 11 is 0. The molecular weight excluding hydrogens is 280 g/mol. The van der Waals surface area contributed by atoms with Gasteiger partial charge in [-0.1, -0.05) is 12.6 Å². The highest BCUT2D eigenvalue weighted by Gasteiger charge is 2.30. The molecule has 1 aliphatic heterocycles. The molecule has 1 heterocycles. The van der Waals surface area contributed by atoms with E-state index in [9.17, 15) is 9.59 Å². The smallest absolute Gasteiger partial charge is 0.254 e. The van der Waals surface area contributed by atoms with E-state index < -0.39 is 0 Å². The molecule has 1 atom stereocenters. The Kier molecular flexibility index (Phi) is 4.85. The molecule has 1 fully saturated rings. The van der Waals surface area contributed by atoms with Crippen LogP contribution in [0.15, 0.2) is 30.9 Å². The van der Waals surface area contributed by atoms with Gasteiger partial charge in [0.2, 0.25) is 5.91 Å². The second kappa shape index (κ2) is 6.64. The van der Waals surface area contributed by atoms with Gasteiger partial charge in [0.15, 0.2) is 0 Å². The highest BCUT2D eigenvalue weighted by atomic mass is 16.5. The van der Waals surface area contributed by atoms with Gasteiger partial charge in [-0.15, -0.1) is 0 Å². The molecule has 22 heavy (non-hydrogen) atoms. The van der Waals surface area contributed by atoms with E-state index in [1.807, 2.05) is 13.0 Å². The van der Waals surface area contributed by atoms with Crippen molar-refractivity contribution in [3.63, 3.8) is 0 Å². The number of carbonyl (C=O) groups excluding carboxylic acids is 2. The number of aryl methyl sites for hydroxylation is 1. The predicted molar refractivity (Wildman–Crippen MR) is 85.0 cm³/mol. The number of methoxy groups -OCH3 is 1. The lowest BCUT2D eigenvalue weighted by Gasteiger charge is -2.25. The first kappa shape index (κ1) is 16.1. The second-order valence-electron chi connectivity index (χ2n) is 5.53. The van der Waals surface area contributed by atoms with Crippen molar-refractivity contribution in [2.45, 2.75) is 19.4 Å². The molecule has 0 unspecified atom stereocenters. The minimum Gasteiger partial charge on any atom is -0.496 e. The molecule has 0 saturated carbocycles. The predicted octanol–water partition coefficient (Wildman–Crippen LogP) is 1.86. The van der Waals surface area contributed by atoms with Gasteiger partial charge in [-0.25, -0.2) is 0 Å². The Morgan fingerprint density at radius 1 is 1.45 bits per heavy atom. The number of ether oxygens (including phenoxy) is 1. The molecule has 1 saturated heterocycles. The number of amides is 2. The molecule has 0 radical (unpaired) electrons. The van der Waals surface area contributed by atoms with Crippen LogP contribution in [-0.2, 0) is 4.79 Å². The fourth-order valence-electron chi connectivity index (χ4n) is 2.71. The maximum absolute atomic E-state index is 12.6. The van der Waals surface area contributed by atoms with Gasteiger partial charge in [-0.05, 0) is 37.1 Å². The number of carbonyl (C=O) groups is 2. The summed E-state index contributed by atoms with van der Waals surface area (Å²) < 4.78 is 5.27. The molecule has 1 aromatic carbocycles. The average molecular weight is 302 g/mol. The van der Waals surface area contributed by atoms with E-state index in [-0.39, 0.29) is 17.9 Å². The first-order chi connectivity index (χ1) is 10.5. The van der Waals surface area contributed by atoms with Crippen LogP contribution in [-0.4, -0.2) is 54.9 Å². The van der Waals surface area contributed by atoms with Gasteiger partial charge in [0.1, 0.15) is 5.75 Å².